The van der Waals surface area contributed by atoms with E-state index >= 15 is 0 Å². The first kappa shape index (κ1) is 23.0. The van der Waals surface area contributed by atoms with Gasteiger partial charge in [0.2, 0.25) is 0 Å². The van der Waals surface area contributed by atoms with Gasteiger partial charge in [-0.1, -0.05) is 36.4 Å². The molecule has 0 aliphatic rings. The molecule has 3 N–H and O–H groups in total. The summed E-state index contributed by atoms with van der Waals surface area (Å²) in [5.74, 6) is -2.40. The molecular weight excluding hydrogens is 424 g/mol. The molecule has 3 aromatic carbocycles. The highest BCUT2D eigenvalue weighted by atomic mass is 16.5. The minimum absolute atomic E-state index is 0.00714. The Hall–Kier alpha value is -4.72. The molecule has 0 radical (unpaired) electrons. The van der Waals surface area contributed by atoms with Gasteiger partial charge >= 0.3 is 11.9 Å². The third-order valence-corrected chi connectivity index (χ3v) is 4.35. The number of esters is 1. The molecule has 0 fully saturated rings. The number of benzene rings is 3. The minimum Gasteiger partial charge on any atom is -0.478 e. The topological polar surface area (TPSA) is 122 Å². The van der Waals surface area contributed by atoms with Crippen LogP contribution in [0.1, 0.15) is 33.2 Å². The molecule has 3 rings (SSSR count). The lowest BCUT2D eigenvalue weighted by atomic mass is 10.1. The largest absolute Gasteiger partial charge is 0.478 e. The quantitative estimate of drug-likeness (QED) is 0.290. The number of carboxylic acids is 1. The van der Waals surface area contributed by atoms with E-state index in [0.29, 0.717) is 16.9 Å². The first-order valence-electron chi connectivity index (χ1n) is 9.83. The third-order valence-electron chi connectivity index (χ3n) is 4.35. The second-order valence-corrected chi connectivity index (χ2v) is 6.88. The number of aromatic carboxylic acids is 1. The Kier molecular flexibility index (Phi) is 7.33. The second kappa shape index (κ2) is 10.5. The van der Waals surface area contributed by atoms with Crippen molar-refractivity contribution in [1.29, 1.82) is 0 Å². The molecule has 166 valence electrons. The van der Waals surface area contributed by atoms with E-state index < -0.39 is 23.8 Å². The Balaban J connectivity index is 1.88. The number of anilines is 1. The summed E-state index contributed by atoms with van der Waals surface area (Å²) in [5.41, 5.74) is 1.11. The molecule has 0 aliphatic carbocycles. The van der Waals surface area contributed by atoms with Crippen molar-refractivity contribution in [2.24, 2.45) is 0 Å². The van der Waals surface area contributed by atoms with Crippen molar-refractivity contribution in [3.05, 3.63) is 101 Å². The summed E-state index contributed by atoms with van der Waals surface area (Å²) in [6, 6.07) is 20.5. The lowest BCUT2D eigenvalue weighted by Gasteiger charge is -2.12. The van der Waals surface area contributed by atoms with Crippen LogP contribution >= 0.6 is 0 Å². The van der Waals surface area contributed by atoms with Gasteiger partial charge in [0, 0.05) is 18.2 Å². The van der Waals surface area contributed by atoms with E-state index in [9.17, 15) is 19.2 Å². The zero-order valence-electron chi connectivity index (χ0n) is 17.6. The molecule has 33 heavy (non-hydrogen) atoms. The van der Waals surface area contributed by atoms with Crippen molar-refractivity contribution < 1.29 is 29.0 Å². The molecule has 0 aliphatic heterocycles. The highest BCUT2D eigenvalue weighted by Crippen LogP contribution is 2.16. The molecule has 8 heteroatoms. The van der Waals surface area contributed by atoms with E-state index in [1.807, 2.05) is 0 Å². The summed E-state index contributed by atoms with van der Waals surface area (Å²) in [7, 11) is 0. The molecule has 0 bridgehead atoms. The van der Waals surface area contributed by atoms with E-state index in [0.717, 1.165) is 0 Å². The van der Waals surface area contributed by atoms with Crippen LogP contribution in [0.5, 0.6) is 5.75 Å². The first-order valence-corrected chi connectivity index (χ1v) is 9.83. The maximum atomic E-state index is 13.0. The van der Waals surface area contributed by atoms with Gasteiger partial charge in [-0.25, -0.2) is 4.79 Å². The summed E-state index contributed by atoms with van der Waals surface area (Å²) in [4.78, 5) is 47.9. The fraction of sp³-hybridized carbons (Fsp3) is 0.0400. The summed E-state index contributed by atoms with van der Waals surface area (Å²) >= 11 is 0. The van der Waals surface area contributed by atoms with Crippen LogP contribution in [0.2, 0.25) is 0 Å². The number of hydrogen-bond donors (Lipinski definition) is 3. The molecule has 2 amide bonds. The Morgan fingerprint density at radius 2 is 1.52 bits per heavy atom. The number of ether oxygens (including phenoxy) is 1. The molecule has 0 saturated heterocycles. The van der Waals surface area contributed by atoms with Crippen LogP contribution in [-0.4, -0.2) is 28.9 Å². The number of nitrogens with one attached hydrogen (secondary N) is 2. The highest BCUT2D eigenvalue weighted by Gasteiger charge is 2.16. The predicted molar refractivity (Wildman–Crippen MR) is 122 cm³/mol. The van der Waals surface area contributed by atoms with Crippen molar-refractivity contribution in [2.45, 2.75) is 6.92 Å². The average Bonchev–Trinajstić information content (AvgIpc) is 2.80. The van der Waals surface area contributed by atoms with Crippen molar-refractivity contribution in [1.82, 2.24) is 5.32 Å². The van der Waals surface area contributed by atoms with Crippen LogP contribution in [0, 0.1) is 0 Å². The van der Waals surface area contributed by atoms with Crippen molar-refractivity contribution in [3.8, 4) is 5.75 Å². The number of amides is 2. The van der Waals surface area contributed by atoms with Crippen LogP contribution in [-0.2, 0) is 9.59 Å². The number of carbonyl (C=O) groups excluding carboxylic acids is 3. The zero-order chi connectivity index (χ0) is 23.8. The molecule has 0 aromatic heterocycles. The van der Waals surface area contributed by atoms with Crippen molar-refractivity contribution in [3.63, 3.8) is 0 Å². The maximum Gasteiger partial charge on any atom is 0.335 e. The first-order chi connectivity index (χ1) is 15.8. The standard InChI is InChI=1S/C25H20N2O6/c1-16(28)33-21-12-10-17(11-13-21)14-22(27-23(29)18-6-3-2-4-7-18)24(30)26-20-9-5-8-19(15-20)25(31)32/h2-15H,1H3,(H,26,30)(H,27,29)(H,31,32). The summed E-state index contributed by atoms with van der Waals surface area (Å²) < 4.78 is 5.00. The minimum atomic E-state index is -1.13. The van der Waals surface area contributed by atoms with Gasteiger partial charge in [0.25, 0.3) is 11.8 Å². The summed E-state index contributed by atoms with van der Waals surface area (Å²) in [6.45, 7) is 1.29. The number of carboxylic acid groups (broad SMARTS) is 1. The molecule has 0 unspecified atom stereocenters. The van der Waals surface area contributed by atoms with Gasteiger partial charge in [0.15, 0.2) is 0 Å². The lowest BCUT2D eigenvalue weighted by molar-refractivity contribution is -0.131. The van der Waals surface area contributed by atoms with E-state index in [1.54, 1.807) is 54.6 Å². The molecular formula is C25H20N2O6. The maximum absolute atomic E-state index is 13.0. The lowest BCUT2D eigenvalue weighted by Crippen LogP contribution is -2.30. The van der Waals surface area contributed by atoms with Crippen LogP contribution in [0.15, 0.2) is 84.6 Å². The molecule has 0 heterocycles. The second-order valence-electron chi connectivity index (χ2n) is 6.88. The highest BCUT2D eigenvalue weighted by molar-refractivity contribution is 6.11. The fourth-order valence-electron chi connectivity index (χ4n) is 2.84. The summed E-state index contributed by atoms with van der Waals surface area (Å²) in [6.07, 6.45) is 1.45. The van der Waals surface area contributed by atoms with Crippen LogP contribution < -0.4 is 15.4 Å². The number of hydrogen-bond acceptors (Lipinski definition) is 5. The van der Waals surface area contributed by atoms with Crippen molar-refractivity contribution in [2.75, 3.05) is 5.32 Å². The van der Waals surface area contributed by atoms with Gasteiger partial charge in [0.05, 0.1) is 5.56 Å². The van der Waals surface area contributed by atoms with E-state index in [4.69, 9.17) is 9.84 Å². The van der Waals surface area contributed by atoms with Crippen LogP contribution in [0.3, 0.4) is 0 Å². The zero-order valence-corrected chi connectivity index (χ0v) is 17.6. The van der Waals surface area contributed by atoms with E-state index in [2.05, 4.69) is 10.6 Å². The van der Waals surface area contributed by atoms with Crippen molar-refractivity contribution >= 4 is 35.5 Å². The van der Waals surface area contributed by atoms with Gasteiger partial charge in [-0.15, -0.1) is 0 Å². The van der Waals surface area contributed by atoms with Crippen LogP contribution in [0.4, 0.5) is 5.69 Å². The monoisotopic (exact) mass is 444 g/mol. The number of carbonyl (C=O) groups is 4. The SMILES string of the molecule is CC(=O)Oc1ccc(C=C(NC(=O)c2ccccc2)C(=O)Nc2cccc(C(=O)O)c2)cc1. The van der Waals surface area contributed by atoms with Gasteiger partial charge in [-0.05, 0) is 54.1 Å². The third kappa shape index (κ3) is 6.63. The van der Waals surface area contributed by atoms with Gasteiger partial charge in [-0.3, -0.25) is 14.4 Å². The summed E-state index contributed by atoms with van der Waals surface area (Å²) in [5, 5.41) is 14.3. The van der Waals surface area contributed by atoms with Gasteiger partial charge in [0.1, 0.15) is 11.4 Å². The molecule has 0 atom stereocenters. The molecule has 8 nitrogen and oxygen atoms in total. The smallest absolute Gasteiger partial charge is 0.335 e. The fourth-order valence-corrected chi connectivity index (χ4v) is 2.84. The van der Waals surface area contributed by atoms with E-state index in [1.165, 1.54) is 37.3 Å². The Labute approximate surface area is 189 Å². The molecule has 0 saturated carbocycles. The van der Waals surface area contributed by atoms with E-state index in [-0.39, 0.29) is 16.9 Å². The Bertz CT molecular complexity index is 1220. The Morgan fingerprint density at radius 3 is 2.15 bits per heavy atom. The Morgan fingerprint density at radius 1 is 0.848 bits per heavy atom. The number of rotatable bonds is 7. The predicted octanol–water partition coefficient (Wildman–Crippen LogP) is 3.72. The van der Waals surface area contributed by atoms with Gasteiger partial charge < -0.3 is 20.5 Å². The normalized spacial score (nSPS) is 10.8. The average molecular weight is 444 g/mol. The van der Waals surface area contributed by atoms with Gasteiger partial charge in [-0.2, -0.15) is 0 Å². The molecule has 0 spiro atoms. The molecule has 3 aromatic rings. The van der Waals surface area contributed by atoms with Crippen LogP contribution in [0.25, 0.3) is 6.08 Å².